The van der Waals surface area contributed by atoms with Crippen LogP contribution in [0.2, 0.25) is 0 Å². The molecule has 0 bridgehead atoms. The van der Waals surface area contributed by atoms with Crippen LogP contribution >= 0.6 is 0 Å². The van der Waals surface area contributed by atoms with Crippen molar-refractivity contribution in [1.29, 1.82) is 0 Å². The van der Waals surface area contributed by atoms with Crippen molar-refractivity contribution in [1.82, 2.24) is 15.2 Å². The maximum absolute atomic E-state index is 5.52. The van der Waals surface area contributed by atoms with Gasteiger partial charge in [-0.25, -0.2) is 0 Å². The van der Waals surface area contributed by atoms with E-state index >= 15 is 0 Å². The van der Waals surface area contributed by atoms with Gasteiger partial charge in [0.15, 0.2) is 0 Å². The van der Waals surface area contributed by atoms with E-state index in [1.165, 1.54) is 4.85 Å². The van der Waals surface area contributed by atoms with Gasteiger partial charge in [-0.1, -0.05) is 17.0 Å². The molecule has 3 rings (SSSR count). The molecule has 0 spiro atoms. The van der Waals surface area contributed by atoms with Gasteiger partial charge in [0.05, 0.1) is 0 Å². The summed E-state index contributed by atoms with van der Waals surface area (Å²) in [5.74, 6) is 0. The molecule has 0 radical (unpaired) electrons. The number of nitrogens with zero attached hydrogens (tertiary/aromatic N) is 3. The molecule has 1 aromatic heterocycles. The second-order valence-electron chi connectivity index (χ2n) is 3.26. The quantitative estimate of drug-likeness (QED) is 0.684. The molecule has 2 aromatic rings. The van der Waals surface area contributed by atoms with Crippen molar-refractivity contribution in [2.75, 3.05) is 0 Å². The van der Waals surface area contributed by atoms with Gasteiger partial charge in [-0.2, -0.15) is 0 Å². The Morgan fingerprint density at radius 3 is 3.00 bits per heavy atom. The molecule has 1 aromatic carbocycles. The molecule has 4 heteroatoms. The van der Waals surface area contributed by atoms with Gasteiger partial charge in [0.2, 0.25) is 0 Å². The number of hydrogen-bond acceptors (Lipinski definition) is 3. The molecule has 0 saturated heterocycles. The molecule has 1 saturated carbocycles. The van der Waals surface area contributed by atoms with Gasteiger partial charge in [0.25, 0.3) is 0 Å². The van der Waals surface area contributed by atoms with Crippen molar-refractivity contribution in [3.8, 4) is 0 Å². The third kappa shape index (κ3) is 1.14. The summed E-state index contributed by atoms with van der Waals surface area (Å²) in [6.45, 7) is 0. The molecular weight excluding hydrogens is 166 g/mol. The standard InChI is InChI=1S/C9H9N3O/c1-2-4-9-8(3-1)10-11-12(9)13-7-5-6-7/h1-4,7H,5-6H2. The average Bonchev–Trinajstić information content (AvgIpc) is 2.88. The summed E-state index contributed by atoms with van der Waals surface area (Å²) in [6.07, 6.45) is 2.62. The topological polar surface area (TPSA) is 39.9 Å². The molecule has 13 heavy (non-hydrogen) atoms. The number of aromatic nitrogens is 3. The second kappa shape index (κ2) is 2.45. The Morgan fingerprint density at radius 1 is 1.31 bits per heavy atom. The largest absolute Gasteiger partial charge is 0.392 e. The van der Waals surface area contributed by atoms with E-state index in [1.807, 2.05) is 24.3 Å². The zero-order valence-electron chi connectivity index (χ0n) is 7.05. The number of fused-ring (bicyclic) bond motifs is 1. The first-order valence-electron chi connectivity index (χ1n) is 4.41. The lowest BCUT2D eigenvalue weighted by Crippen LogP contribution is -2.14. The van der Waals surface area contributed by atoms with Crippen LogP contribution in [0.1, 0.15) is 12.8 Å². The van der Waals surface area contributed by atoms with E-state index in [9.17, 15) is 0 Å². The van der Waals surface area contributed by atoms with Crippen LogP contribution < -0.4 is 4.84 Å². The summed E-state index contributed by atoms with van der Waals surface area (Å²) < 4.78 is 0. The van der Waals surface area contributed by atoms with Crippen molar-refractivity contribution in [2.24, 2.45) is 0 Å². The van der Waals surface area contributed by atoms with E-state index in [0.717, 1.165) is 23.9 Å². The van der Waals surface area contributed by atoms with Crippen LogP contribution in [0.15, 0.2) is 24.3 Å². The normalized spacial score (nSPS) is 16.3. The molecule has 1 fully saturated rings. The van der Waals surface area contributed by atoms with Crippen LogP contribution in [-0.2, 0) is 0 Å². The van der Waals surface area contributed by atoms with Crippen LogP contribution in [0.25, 0.3) is 11.0 Å². The maximum Gasteiger partial charge on any atom is 0.130 e. The highest BCUT2D eigenvalue weighted by atomic mass is 16.7. The number of rotatable bonds is 2. The average molecular weight is 175 g/mol. The lowest BCUT2D eigenvalue weighted by Gasteiger charge is -2.01. The van der Waals surface area contributed by atoms with E-state index in [-0.39, 0.29) is 0 Å². The Bertz CT molecular complexity index is 433. The van der Waals surface area contributed by atoms with Crippen LogP contribution in [0.3, 0.4) is 0 Å². The van der Waals surface area contributed by atoms with Crippen molar-refractivity contribution < 1.29 is 4.84 Å². The molecule has 0 N–H and O–H groups in total. The monoisotopic (exact) mass is 175 g/mol. The predicted octanol–water partition coefficient (Wildman–Crippen LogP) is 1.02. The molecule has 4 nitrogen and oxygen atoms in total. The van der Waals surface area contributed by atoms with Crippen molar-refractivity contribution in [3.05, 3.63) is 24.3 Å². The summed E-state index contributed by atoms with van der Waals surface area (Å²) in [5.41, 5.74) is 1.82. The SMILES string of the molecule is c1ccc2c(c1)nnn2OC1CC1. The number of benzene rings is 1. The third-order valence-electron chi connectivity index (χ3n) is 2.09. The van der Waals surface area contributed by atoms with Crippen LogP contribution in [0.5, 0.6) is 0 Å². The van der Waals surface area contributed by atoms with Gasteiger partial charge in [0, 0.05) is 0 Å². The van der Waals surface area contributed by atoms with Gasteiger partial charge in [0.1, 0.15) is 17.1 Å². The molecule has 0 atom stereocenters. The van der Waals surface area contributed by atoms with Crippen molar-refractivity contribution in [3.63, 3.8) is 0 Å². The van der Waals surface area contributed by atoms with Crippen molar-refractivity contribution in [2.45, 2.75) is 18.9 Å². The molecule has 0 aliphatic heterocycles. The third-order valence-corrected chi connectivity index (χ3v) is 2.09. The summed E-state index contributed by atoms with van der Waals surface area (Å²) in [6, 6.07) is 7.78. The molecule has 66 valence electrons. The summed E-state index contributed by atoms with van der Waals surface area (Å²) in [4.78, 5) is 7.04. The van der Waals surface area contributed by atoms with E-state index in [0.29, 0.717) is 6.10 Å². The van der Waals surface area contributed by atoms with Gasteiger partial charge in [-0.3, -0.25) is 0 Å². The molecule has 0 amide bonds. The van der Waals surface area contributed by atoms with Gasteiger partial charge in [-0.05, 0) is 30.2 Å². The molecule has 1 aliphatic rings. The Hall–Kier alpha value is -1.58. The predicted molar refractivity (Wildman–Crippen MR) is 47.1 cm³/mol. The minimum absolute atomic E-state index is 0.352. The summed E-state index contributed by atoms with van der Waals surface area (Å²) in [5, 5.41) is 7.91. The Kier molecular flexibility index (Phi) is 1.30. The van der Waals surface area contributed by atoms with E-state index in [2.05, 4.69) is 10.3 Å². The van der Waals surface area contributed by atoms with Crippen LogP contribution in [-0.4, -0.2) is 21.3 Å². The van der Waals surface area contributed by atoms with Crippen LogP contribution in [0, 0.1) is 0 Å². The zero-order chi connectivity index (χ0) is 8.67. The van der Waals surface area contributed by atoms with Crippen LogP contribution in [0.4, 0.5) is 0 Å². The lowest BCUT2D eigenvalue weighted by molar-refractivity contribution is 0.0744. The fraction of sp³-hybridized carbons (Fsp3) is 0.333. The first-order valence-corrected chi connectivity index (χ1v) is 4.41. The van der Waals surface area contributed by atoms with Gasteiger partial charge >= 0.3 is 0 Å². The Labute approximate surface area is 75.1 Å². The fourth-order valence-electron chi connectivity index (χ4n) is 1.24. The highest BCUT2D eigenvalue weighted by Gasteiger charge is 2.25. The second-order valence-corrected chi connectivity index (χ2v) is 3.26. The minimum Gasteiger partial charge on any atom is -0.392 e. The highest BCUT2D eigenvalue weighted by molar-refractivity contribution is 5.73. The van der Waals surface area contributed by atoms with E-state index in [4.69, 9.17) is 4.84 Å². The summed E-state index contributed by atoms with van der Waals surface area (Å²) in [7, 11) is 0. The molecular formula is C9H9N3O. The minimum atomic E-state index is 0.352. The number of hydrogen-bond donors (Lipinski definition) is 0. The first kappa shape index (κ1) is 6.88. The van der Waals surface area contributed by atoms with E-state index in [1.54, 1.807) is 0 Å². The maximum atomic E-state index is 5.52. The lowest BCUT2D eigenvalue weighted by atomic mass is 10.3. The highest BCUT2D eigenvalue weighted by Crippen LogP contribution is 2.21. The van der Waals surface area contributed by atoms with E-state index < -0.39 is 0 Å². The van der Waals surface area contributed by atoms with Gasteiger partial charge < -0.3 is 4.84 Å². The first-order chi connectivity index (χ1) is 6.43. The smallest absolute Gasteiger partial charge is 0.130 e. The van der Waals surface area contributed by atoms with Crippen molar-refractivity contribution >= 4 is 11.0 Å². The molecule has 1 aliphatic carbocycles. The Balaban J connectivity index is 2.06. The molecule has 0 unspecified atom stereocenters. The zero-order valence-corrected chi connectivity index (χ0v) is 7.05. The Morgan fingerprint density at radius 2 is 2.15 bits per heavy atom. The molecule has 1 heterocycles. The summed E-state index contributed by atoms with van der Waals surface area (Å²) >= 11 is 0. The van der Waals surface area contributed by atoms with Gasteiger partial charge in [-0.15, -0.1) is 5.10 Å². The number of para-hydroxylation sites is 1. The fourth-order valence-corrected chi connectivity index (χ4v) is 1.24.